The van der Waals surface area contributed by atoms with Crippen LogP contribution in [0, 0.1) is 0 Å². The number of hydrogen-bond acceptors (Lipinski definition) is 3. The van der Waals surface area contributed by atoms with Gasteiger partial charge in [-0.2, -0.15) is 0 Å². The van der Waals surface area contributed by atoms with E-state index in [1.54, 1.807) is 19.2 Å². The maximum Gasteiger partial charge on any atom is 0.258 e. The van der Waals surface area contributed by atoms with E-state index in [1.165, 1.54) is 16.7 Å². The predicted molar refractivity (Wildman–Crippen MR) is 95.5 cm³/mol. The third-order valence-corrected chi connectivity index (χ3v) is 3.96. The molecule has 128 valence electrons. The van der Waals surface area contributed by atoms with Gasteiger partial charge in [0.05, 0.1) is 7.11 Å². The summed E-state index contributed by atoms with van der Waals surface area (Å²) < 4.78 is 10.7. The number of carbonyl (C=O) groups excluding carboxylic acids is 1. The molecule has 0 aliphatic carbocycles. The van der Waals surface area contributed by atoms with E-state index >= 15 is 0 Å². The Morgan fingerprint density at radius 2 is 1.75 bits per heavy atom. The SMILES string of the molecule is CCc1ccc(CC)c(CNC(=O)COc2ccccc2OC)c1. The summed E-state index contributed by atoms with van der Waals surface area (Å²) >= 11 is 0. The summed E-state index contributed by atoms with van der Waals surface area (Å²) in [5, 5.41) is 2.93. The van der Waals surface area contributed by atoms with Crippen molar-refractivity contribution >= 4 is 5.91 Å². The Balaban J connectivity index is 1.91. The Bertz CT molecular complexity index is 682. The highest BCUT2D eigenvalue weighted by atomic mass is 16.5. The van der Waals surface area contributed by atoms with Crippen LogP contribution in [0.5, 0.6) is 11.5 Å². The summed E-state index contributed by atoms with van der Waals surface area (Å²) in [6, 6.07) is 13.8. The van der Waals surface area contributed by atoms with Crippen LogP contribution in [0.4, 0.5) is 0 Å². The summed E-state index contributed by atoms with van der Waals surface area (Å²) in [6.07, 6.45) is 1.94. The number of benzene rings is 2. The molecule has 0 spiro atoms. The predicted octanol–water partition coefficient (Wildman–Crippen LogP) is 3.52. The number of methoxy groups -OCH3 is 1. The molecule has 4 nitrogen and oxygen atoms in total. The van der Waals surface area contributed by atoms with Gasteiger partial charge in [0.15, 0.2) is 18.1 Å². The van der Waals surface area contributed by atoms with E-state index in [1.807, 2.05) is 12.1 Å². The molecule has 0 saturated heterocycles. The van der Waals surface area contributed by atoms with Crippen molar-refractivity contribution in [2.24, 2.45) is 0 Å². The number of carbonyl (C=O) groups is 1. The van der Waals surface area contributed by atoms with Crippen LogP contribution in [-0.4, -0.2) is 19.6 Å². The summed E-state index contributed by atoms with van der Waals surface area (Å²) in [4.78, 5) is 12.1. The Labute approximate surface area is 143 Å². The second-order valence-electron chi connectivity index (χ2n) is 5.53. The van der Waals surface area contributed by atoms with Gasteiger partial charge < -0.3 is 14.8 Å². The van der Waals surface area contributed by atoms with Gasteiger partial charge in [-0.25, -0.2) is 0 Å². The highest BCUT2D eigenvalue weighted by Crippen LogP contribution is 2.25. The lowest BCUT2D eigenvalue weighted by atomic mass is 10.0. The summed E-state index contributed by atoms with van der Waals surface area (Å²) in [5.41, 5.74) is 3.71. The van der Waals surface area contributed by atoms with Gasteiger partial charge in [0.2, 0.25) is 0 Å². The van der Waals surface area contributed by atoms with Crippen molar-refractivity contribution in [2.45, 2.75) is 33.2 Å². The number of ether oxygens (including phenoxy) is 2. The minimum Gasteiger partial charge on any atom is -0.493 e. The number of aryl methyl sites for hydroxylation is 2. The topological polar surface area (TPSA) is 47.6 Å². The quantitative estimate of drug-likeness (QED) is 0.807. The van der Waals surface area contributed by atoms with Crippen molar-refractivity contribution in [3.05, 3.63) is 59.2 Å². The minimum atomic E-state index is -0.148. The van der Waals surface area contributed by atoms with Crippen LogP contribution in [0.2, 0.25) is 0 Å². The molecule has 0 atom stereocenters. The van der Waals surface area contributed by atoms with E-state index < -0.39 is 0 Å². The number of hydrogen-bond donors (Lipinski definition) is 1. The molecule has 0 saturated carbocycles. The molecule has 0 unspecified atom stereocenters. The fourth-order valence-corrected chi connectivity index (χ4v) is 2.53. The zero-order chi connectivity index (χ0) is 17.4. The molecule has 0 bridgehead atoms. The first-order chi connectivity index (χ1) is 11.7. The Morgan fingerprint density at radius 3 is 2.42 bits per heavy atom. The molecule has 0 aliphatic heterocycles. The van der Waals surface area contributed by atoms with E-state index in [4.69, 9.17) is 9.47 Å². The fraction of sp³-hybridized carbons (Fsp3) is 0.350. The van der Waals surface area contributed by atoms with Gasteiger partial charge in [-0.05, 0) is 41.7 Å². The summed E-state index contributed by atoms with van der Waals surface area (Å²) in [5.74, 6) is 1.04. The largest absolute Gasteiger partial charge is 0.493 e. The van der Waals surface area contributed by atoms with Gasteiger partial charge in [-0.1, -0.05) is 44.2 Å². The second kappa shape index (κ2) is 8.96. The van der Waals surface area contributed by atoms with Crippen LogP contribution >= 0.6 is 0 Å². The van der Waals surface area contributed by atoms with Gasteiger partial charge in [-0.15, -0.1) is 0 Å². The van der Waals surface area contributed by atoms with E-state index in [0.717, 1.165) is 12.8 Å². The smallest absolute Gasteiger partial charge is 0.258 e. The van der Waals surface area contributed by atoms with Crippen LogP contribution < -0.4 is 14.8 Å². The number of rotatable bonds is 8. The van der Waals surface area contributed by atoms with Gasteiger partial charge in [0.25, 0.3) is 5.91 Å². The fourth-order valence-electron chi connectivity index (χ4n) is 2.53. The van der Waals surface area contributed by atoms with Crippen molar-refractivity contribution in [1.82, 2.24) is 5.32 Å². The van der Waals surface area contributed by atoms with Gasteiger partial charge >= 0.3 is 0 Å². The van der Waals surface area contributed by atoms with Gasteiger partial charge in [0, 0.05) is 6.54 Å². The highest BCUT2D eigenvalue weighted by Gasteiger charge is 2.08. The lowest BCUT2D eigenvalue weighted by Crippen LogP contribution is -2.28. The standard InChI is InChI=1S/C20H25NO3/c1-4-15-10-11-16(5-2)17(12-15)13-21-20(22)14-24-19-9-7-6-8-18(19)23-3/h6-12H,4-5,13-14H2,1-3H3,(H,21,22). The average Bonchev–Trinajstić information content (AvgIpc) is 2.64. The molecule has 2 aromatic rings. The third-order valence-electron chi connectivity index (χ3n) is 3.96. The molecule has 0 aliphatic rings. The number of para-hydroxylation sites is 2. The van der Waals surface area contributed by atoms with E-state index in [2.05, 4.69) is 37.4 Å². The molecule has 1 N–H and O–H groups in total. The van der Waals surface area contributed by atoms with E-state index in [0.29, 0.717) is 18.0 Å². The highest BCUT2D eigenvalue weighted by molar-refractivity contribution is 5.77. The first-order valence-electron chi connectivity index (χ1n) is 8.31. The molecular formula is C20H25NO3. The van der Waals surface area contributed by atoms with Gasteiger partial charge in [0.1, 0.15) is 0 Å². The van der Waals surface area contributed by atoms with Crippen LogP contribution in [0.3, 0.4) is 0 Å². The van der Waals surface area contributed by atoms with Crippen LogP contribution in [-0.2, 0) is 24.2 Å². The molecule has 2 rings (SSSR count). The lowest BCUT2D eigenvalue weighted by molar-refractivity contribution is -0.123. The Morgan fingerprint density at radius 1 is 1.00 bits per heavy atom. The lowest BCUT2D eigenvalue weighted by Gasteiger charge is -2.13. The van der Waals surface area contributed by atoms with Crippen molar-refractivity contribution in [3.63, 3.8) is 0 Å². The Kier molecular flexibility index (Phi) is 6.67. The molecule has 0 radical (unpaired) electrons. The van der Waals surface area contributed by atoms with Crippen molar-refractivity contribution in [1.29, 1.82) is 0 Å². The maximum absolute atomic E-state index is 12.1. The first-order valence-corrected chi connectivity index (χ1v) is 8.31. The summed E-state index contributed by atoms with van der Waals surface area (Å²) in [6.45, 7) is 4.74. The summed E-state index contributed by atoms with van der Waals surface area (Å²) in [7, 11) is 1.58. The van der Waals surface area contributed by atoms with Gasteiger partial charge in [-0.3, -0.25) is 4.79 Å². The monoisotopic (exact) mass is 327 g/mol. The molecule has 2 aromatic carbocycles. The molecular weight excluding hydrogens is 302 g/mol. The number of amides is 1. The zero-order valence-corrected chi connectivity index (χ0v) is 14.6. The molecule has 4 heteroatoms. The molecule has 0 fully saturated rings. The second-order valence-corrected chi connectivity index (χ2v) is 5.53. The molecule has 1 amide bonds. The van der Waals surface area contributed by atoms with Crippen LogP contribution in [0.15, 0.2) is 42.5 Å². The van der Waals surface area contributed by atoms with Crippen molar-refractivity contribution in [3.8, 4) is 11.5 Å². The normalized spacial score (nSPS) is 10.3. The molecule has 0 heterocycles. The van der Waals surface area contributed by atoms with Crippen LogP contribution in [0.1, 0.15) is 30.5 Å². The van der Waals surface area contributed by atoms with Crippen molar-refractivity contribution in [2.75, 3.05) is 13.7 Å². The third kappa shape index (κ3) is 4.75. The van der Waals surface area contributed by atoms with E-state index in [9.17, 15) is 4.79 Å². The number of nitrogens with one attached hydrogen (secondary N) is 1. The minimum absolute atomic E-state index is 0.0324. The van der Waals surface area contributed by atoms with E-state index in [-0.39, 0.29) is 12.5 Å². The van der Waals surface area contributed by atoms with Crippen molar-refractivity contribution < 1.29 is 14.3 Å². The zero-order valence-electron chi connectivity index (χ0n) is 14.6. The van der Waals surface area contributed by atoms with Crippen LogP contribution in [0.25, 0.3) is 0 Å². The molecule has 24 heavy (non-hydrogen) atoms. The first kappa shape index (κ1) is 17.9. The molecule has 0 aromatic heterocycles. The average molecular weight is 327 g/mol. The Hall–Kier alpha value is -2.49. The maximum atomic E-state index is 12.1.